The highest BCUT2D eigenvalue weighted by Crippen LogP contribution is 2.29. The van der Waals surface area contributed by atoms with Gasteiger partial charge in [-0.1, -0.05) is 30.3 Å². The Hall–Kier alpha value is -3.94. The quantitative estimate of drug-likeness (QED) is 0.366. The van der Waals surface area contributed by atoms with Gasteiger partial charge in [-0.2, -0.15) is 0 Å². The van der Waals surface area contributed by atoms with Gasteiger partial charge in [-0.25, -0.2) is 0 Å². The monoisotopic (exact) mass is 376 g/mol. The number of nitrogens with zero attached hydrogens (tertiary/aromatic N) is 1. The average molecular weight is 376 g/mol. The minimum absolute atomic E-state index is 0.0375. The zero-order chi connectivity index (χ0) is 19.7. The highest BCUT2D eigenvalue weighted by Gasteiger charge is 2.17. The molecule has 2 heterocycles. The summed E-state index contributed by atoms with van der Waals surface area (Å²) in [6.07, 6.45) is 1.52. The second-order valence-corrected chi connectivity index (χ2v) is 6.44. The summed E-state index contributed by atoms with van der Waals surface area (Å²) in [6, 6.07) is 13.9. The Morgan fingerprint density at radius 1 is 1.14 bits per heavy atom. The largest absolute Gasteiger partial charge is 0.352 e. The molecule has 1 amide bonds. The molecule has 0 radical (unpaired) electrons. The Balaban J connectivity index is 1.70. The minimum Gasteiger partial charge on any atom is -0.352 e. The number of hydrogen-bond donors (Lipinski definition) is 3. The van der Waals surface area contributed by atoms with E-state index in [9.17, 15) is 19.7 Å². The molecule has 0 saturated carbocycles. The third kappa shape index (κ3) is 3.23. The van der Waals surface area contributed by atoms with Crippen molar-refractivity contribution >= 4 is 33.4 Å². The predicted octanol–water partition coefficient (Wildman–Crippen LogP) is 2.78. The lowest BCUT2D eigenvalue weighted by molar-refractivity contribution is -0.384. The molecule has 0 bridgehead atoms. The number of nitro groups is 1. The summed E-state index contributed by atoms with van der Waals surface area (Å²) in [6.45, 7) is 0.394. The number of hydrogen-bond acceptors (Lipinski definition) is 4. The first-order chi connectivity index (χ1) is 13.5. The van der Waals surface area contributed by atoms with E-state index in [4.69, 9.17) is 0 Å². The van der Waals surface area contributed by atoms with Gasteiger partial charge in [-0.3, -0.25) is 19.7 Å². The third-order valence-electron chi connectivity index (χ3n) is 4.60. The molecule has 2 aromatic heterocycles. The number of rotatable bonds is 5. The fraction of sp³-hybridized carbons (Fsp3) is 0.100. The number of benzene rings is 2. The van der Waals surface area contributed by atoms with Crippen molar-refractivity contribution in [2.75, 3.05) is 0 Å². The van der Waals surface area contributed by atoms with Gasteiger partial charge in [0.25, 0.3) is 11.2 Å². The number of aromatic nitrogens is 2. The maximum Gasteiger partial charge on any atom is 0.272 e. The first-order valence-electron chi connectivity index (χ1n) is 8.64. The number of amides is 1. The average Bonchev–Trinajstić information content (AvgIpc) is 3.09. The Morgan fingerprint density at radius 3 is 2.68 bits per heavy atom. The van der Waals surface area contributed by atoms with Crippen molar-refractivity contribution in [1.29, 1.82) is 0 Å². The van der Waals surface area contributed by atoms with Crippen molar-refractivity contribution in [1.82, 2.24) is 15.3 Å². The number of H-pyrrole nitrogens is 2. The van der Waals surface area contributed by atoms with E-state index in [-0.39, 0.29) is 23.6 Å². The van der Waals surface area contributed by atoms with E-state index in [0.29, 0.717) is 33.9 Å². The fourth-order valence-electron chi connectivity index (χ4n) is 3.27. The lowest BCUT2D eigenvalue weighted by Gasteiger charge is -2.07. The van der Waals surface area contributed by atoms with E-state index in [1.165, 1.54) is 18.3 Å². The number of fused-ring (bicyclic) bond motifs is 3. The van der Waals surface area contributed by atoms with Crippen molar-refractivity contribution in [3.63, 3.8) is 0 Å². The Morgan fingerprint density at radius 2 is 1.93 bits per heavy atom. The van der Waals surface area contributed by atoms with Crippen LogP contribution in [0, 0.1) is 10.1 Å². The lowest BCUT2D eigenvalue weighted by Crippen LogP contribution is -2.25. The summed E-state index contributed by atoms with van der Waals surface area (Å²) < 4.78 is 0. The van der Waals surface area contributed by atoms with Crippen LogP contribution in [-0.4, -0.2) is 20.8 Å². The van der Waals surface area contributed by atoms with Crippen LogP contribution in [0.2, 0.25) is 0 Å². The molecule has 4 aromatic rings. The molecule has 0 fully saturated rings. The highest BCUT2D eigenvalue weighted by molar-refractivity contribution is 6.10. The van der Waals surface area contributed by atoms with E-state index in [1.807, 2.05) is 30.3 Å². The van der Waals surface area contributed by atoms with Crippen LogP contribution in [0.15, 0.2) is 59.5 Å². The molecule has 0 spiro atoms. The molecule has 0 unspecified atom stereocenters. The van der Waals surface area contributed by atoms with E-state index in [2.05, 4.69) is 15.3 Å². The molecule has 140 valence electrons. The number of non-ortho nitro benzene ring substituents is 1. The zero-order valence-corrected chi connectivity index (χ0v) is 14.7. The molecule has 0 aliphatic carbocycles. The molecule has 8 heteroatoms. The highest BCUT2D eigenvalue weighted by atomic mass is 16.6. The maximum absolute atomic E-state index is 12.4. The summed E-state index contributed by atoms with van der Waals surface area (Å²) >= 11 is 0. The van der Waals surface area contributed by atoms with Crippen LogP contribution in [0.5, 0.6) is 0 Å². The molecule has 3 N–H and O–H groups in total. The van der Waals surface area contributed by atoms with E-state index < -0.39 is 4.92 Å². The topological polar surface area (TPSA) is 121 Å². The Bertz CT molecular complexity index is 1260. The summed E-state index contributed by atoms with van der Waals surface area (Å²) in [7, 11) is 0. The SMILES string of the molecule is O=C(Cc1c[nH]c(=O)c2[nH]c3ccc([N+](=O)[O-])cc3c12)NCc1ccccc1. The summed E-state index contributed by atoms with van der Waals surface area (Å²) in [5.74, 6) is -0.211. The number of pyridine rings is 1. The molecule has 28 heavy (non-hydrogen) atoms. The molecule has 0 aliphatic rings. The predicted molar refractivity (Wildman–Crippen MR) is 105 cm³/mol. The normalized spacial score (nSPS) is 11.0. The molecular formula is C20H16N4O4. The van der Waals surface area contributed by atoms with Gasteiger partial charge in [0.2, 0.25) is 5.91 Å². The van der Waals surface area contributed by atoms with Crippen LogP contribution in [0.3, 0.4) is 0 Å². The second-order valence-electron chi connectivity index (χ2n) is 6.44. The van der Waals surface area contributed by atoms with Crippen LogP contribution < -0.4 is 10.9 Å². The van der Waals surface area contributed by atoms with Crippen LogP contribution in [0.4, 0.5) is 5.69 Å². The van der Waals surface area contributed by atoms with Gasteiger partial charge in [-0.05, 0) is 17.2 Å². The molecular weight excluding hydrogens is 360 g/mol. The number of nitro benzene ring substituents is 1. The van der Waals surface area contributed by atoms with Crippen molar-refractivity contribution in [2.24, 2.45) is 0 Å². The van der Waals surface area contributed by atoms with Gasteiger partial charge in [0.15, 0.2) is 0 Å². The van der Waals surface area contributed by atoms with Crippen LogP contribution in [0.25, 0.3) is 21.8 Å². The molecule has 0 saturated heterocycles. The van der Waals surface area contributed by atoms with Crippen molar-refractivity contribution in [2.45, 2.75) is 13.0 Å². The zero-order valence-electron chi connectivity index (χ0n) is 14.7. The molecule has 0 aliphatic heterocycles. The van der Waals surface area contributed by atoms with Crippen molar-refractivity contribution in [3.05, 3.63) is 86.3 Å². The van der Waals surface area contributed by atoms with Gasteiger partial charge >= 0.3 is 0 Å². The van der Waals surface area contributed by atoms with Gasteiger partial charge in [0.05, 0.1) is 11.3 Å². The third-order valence-corrected chi connectivity index (χ3v) is 4.60. The van der Waals surface area contributed by atoms with E-state index in [0.717, 1.165) is 5.56 Å². The molecule has 4 rings (SSSR count). The standard InChI is InChI=1S/C20H16N4O4/c25-17(21-10-12-4-2-1-3-5-12)8-13-11-22-20(26)19-18(13)15-9-14(24(27)28)6-7-16(15)23-19/h1-7,9,11,23H,8,10H2,(H,21,25)(H,22,26). The van der Waals surface area contributed by atoms with Gasteiger partial charge in [0.1, 0.15) is 5.52 Å². The maximum atomic E-state index is 12.4. The Labute approximate surface area is 158 Å². The number of aromatic amines is 2. The van der Waals surface area contributed by atoms with Crippen LogP contribution >= 0.6 is 0 Å². The van der Waals surface area contributed by atoms with Crippen LogP contribution in [0.1, 0.15) is 11.1 Å². The molecule has 2 aromatic carbocycles. The molecule has 0 atom stereocenters. The Kier molecular flexibility index (Phi) is 4.36. The smallest absolute Gasteiger partial charge is 0.272 e. The second kappa shape index (κ2) is 6.99. The van der Waals surface area contributed by atoms with Crippen molar-refractivity contribution < 1.29 is 9.72 Å². The number of carbonyl (C=O) groups is 1. The van der Waals surface area contributed by atoms with Gasteiger partial charge in [-0.15, -0.1) is 0 Å². The summed E-state index contributed by atoms with van der Waals surface area (Å²) in [4.78, 5) is 40.9. The van der Waals surface area contributed by atoms with Gasteiger partial charge in [0, 0.05) is 41.2 Å². The van der Waals surface area contributed by atoms with Crippen molar-refractivity contribution in [3.8, 4) is 0 Å². The summed E-state index contributed by atoms with van der Waals surface area (Å²) in [5.41, 5.74) is 2.04. The fourth-order valence-corrected chi connectivity index (χ4v) is 3.27. The number of carbonyl (C=O) groups excluding carboxylic acids is 1. The van der Waals surface area contributed by atoms with E-state index >= 15 is 0 Å². The van der Waals surface area contributed by atoms with E-state index in [1.54, 1.807) is 6.07 Å². The first-order valence-corrected chi connectivity index (χ1v) is 8.64. The summed E-state index contributed by atoms with van der Waals surface area (Å²) in [5, 5.41) is 15.0. The minimum atomic E-state index is -0.488. The first kappa shape index (κ1) is 17.5. The molecule has 8 nitrogen and oxygen atoms in total. The van der Waals surface area contributed by atoms with Gasteiger partial charge < -0.3 is 15.3 Å². The van der Waals surface area contributed by atoms with Crippen LogP contribution in [-0.2, 0) is 17.8 Å². The lowest BCUT2D eigenvalue weighted by atomic mass is 10.1. The number of nitrogens with one attached hydrogen (secondary N) is 3.